The van der Waals surface area contributed by atoms with Crippen molar-refractivity contribution in [1.29, 1.82) is 0 Å². The van der Waals surface area contributed by atoms with Crippen molar-refractivity contribution in [2.45, 2.75) is 135 Å². The predicted molar refractivity (Wildman–Crippen MR) is 163 cm³/mol. The summed E-state index contributed by atoms with van der Waals surface area (Å²) in [4.78, 5) is 13.3. The molecule has 2 aromatic rings. The molecule has 0 radical (unpaired) electrons. The van der Waals surface area contributed by atoms with Crippen LogP contribution >= 0.6 is 0 Å². The molecule has 39 heavy (non-hydrogen) atoms. The van der Waals surface area contributed by atoms with Crippen LogP contribution in [0.5, 0.6) is 5.75 Å². The average molecular weight is 529 g/mol. The van der Waals surface area contributed by atoms with E-state index in [1.807, 2.05) is 12.1 Å². The Morgan fingerprint density at radius 1 is 0.718 bits per heavy atom. The molecule has 4 saturated carbocycles. The minimum Gasteiger partial charge on any atom is -0.426 e. The molecule has 4 aliphatic carbocycles. The lowest BCUT2D eigenvalue weighted by Crippen LogP contribution is -2.47. The molecular formula is C37H52O2. The Balaban J connectivity index is 1.11. The van der Waals surface area contributed by atoms with Gasteiger partial charge in [-0.25, -0.2) is 0 Å². The third-order valence-electron chi connectivity index (χ3n) is 11.0. The maximum atomic E-state index is 13.3. The third kappa shape index (κ3) is 6.80. The Morgan fingerprint density at radius 3 is 1.87 bits per heavy atom. The highest BCUT2D eigenvalue weighted by Gasteiger charge is 2.52. The van der Waals surface area contributed by atoms with Crippen LogP contribution in [0, 0.1) is 16.7 Å². The molecule has 0 saturated heterocycles. The van der Waals surface area contributed by atoms with Crippen molar-refractivity contribution in [3.8, 4) is 16.9 Å². The highest BCUT2D eigenvalue weighted by atomic mass is 16.5. The topological polar surface area (TPSA) is 26.3 Å². The van der Waals surface area contributed by atoms with Crippen molar-refractivity contribution in [1.82, 2.24) is 0 Å². The van der Waals surface area contributed by atoms with Crippen molar-refractivity contribution in [2.75, 3.05) is 0 Å². The first-order chi connectivity index (χ1) is 19.0. The quantitative estimate of drug-likeness (QED) is 0.155. The van der Waals surface area contributed by atoms with Crippen LogP contribution in [-0.4, -0.2) is 5.97 Å². The fourth-order valence-electron chi connectivity index (χ4n) is 8.04. The van der Waals surface area contributed by atoms with Crippen LogP contribution < -0.4 is 4.74 Å². The molecule has 0 aromatic heterocycles. The minimum atomic E-state index is -0.240. The fraction of sp³-hybridized carbons (Fsp3) is 0.649. The van der Waals surface area contributed by atoms with E-state index in [9.17, 15) is 4.79 Å². The van der Waals surface area contributed by atoms with Gasteiger partial charge in [-0.2, -0.15) is 0 Å². The molecular weight excluding hydrogens is 476 g/mol. The van der Waals surface area contributed by atoms with Crippen LogP contribution in [0.25, 0.3) is 11.1 Å². The molecule has 6 rings (SSSR count). The first-order valence-corrected chi connectivity index (χ1v) is 16.5. The Kier molecular flexibility index (Phi) is 9.52. The van der Waals surface area contributed by atoms with Gasteiger partial charge in [0.25, 0.3) is 0 Å². The van der Waals surface area contributed by atoms with Crippen molar-refractivity contribution in [3.05, 3.63) is 54.1 Å². The number of unbranched alkanes of at least 4 members (excludes halogenated alkanes) is 4. The zero-order valence-corrected chi connectivity index (χ0v) is 24.8. The van der Waals surface area contributed by atoms with Gasteiger partial charge in [0, 0.05) is 0 Å². The second kappa shape index (κ2) is 13.0. The molecule has 2 aromatic carbocycles. The van der Waals surface area contributed by atoms with E-state index < -0.39 is 0 Å². The molecule has 0 spiro atoms. The van der Waals surface area contributed by atoms with E-state index in [-0.39, 0.29) is 11.4 Å². The van der Waals surface area contributed by atoms with Crippen LogP contribution in [0.4, 0.5) is 0 Å². The molecule has 0 aliphatic heterocycles. The number of hydrogen-bond acceptors (Lipinski definition) is 2. The van der Waals surface area contributed by atoms with E-state index in [1.165, 1.54) is 113 Å². The number of carbonyl (C=O) groups is 1. The Hall–Kier alpha value is -2.09. The highest BCUT2D eigenvalue weighted by Crippen LogP contribution is 2.59. The number of hydrogen-bond donors (Lipinski definition) is 0. The maximum Gasteiger partial charge on any atom is 0.317 e. The smallest absolute Gasteiger partial charge is 0.317 e. The summed E-state index contributed by atoms with van der Waals surface area (Å²) >= 11 is 0. The number of benzene rings is 2. The van der Waals surface area contributed by atoms with E-state index in [2.05, 4.69) is 50.2 Å². The van der Waals surface area contributed by atoms with Gasteiger partial charge in [0.2, 0.25) is 0 Å². The third-order valence-corrected chi connectivity index (χ3v) is 11.0. The summed E-state index contributed by atoms with van der Waals surface area (Å²) in [6, 6.07) is 17.4. The second-order valence-corrected chi connectivity index (χ2v) is 13.5. The molecule has 2 heteroatoms. The largest absolute Gasteiger partial charge is 0.426 e. The summed E-state index contributed by atoms with van der Waals surface area (Å²) in [6.45, 7) is 4.58. The minimum absolute atomic E-state index is 0.0153. The van der Waals surface area contributed by atoms with Gasteiger partial charge in [-0.1, -0.05) is 95.2 Å². The predicted octanol–water partition coefficient (Wildman–Crippen LogP) is 11.0. The van der Waals surface area contributed by atoms with Gasteiger partial charge in [0.05, 0.1) is 5.41 Å². The average Bonchev–Trinajstić information content (AvgIpc) is 2.99. The lowest BCUT2D eigenvalue weighted by molar-refractivity contribution is -0.156. The number of esters is 1. The molecule has 0 unspecified atom stereocenters. The fourth-order valence-corrected chi connectivity index (χ4v) is 8.04. The molecule has 4 fully saturated rings. The van der Waals surface area contributed by atoms with Gasteiger partial charge in [-0.3, -0.25) is 4.79 Å². The summed E-state index contributed by atoms with van der Waals surface area (Å²) in [5.41, 5.74) is 4.20. The molecule has 2 nitrogen and oxygen atoms in total. The van der Waals surface area contributed by atoms with E-state index in [0.29, 0.717) is 11.2 Å². The SMILES string of the molecule is CCCCCC1CCC(c2ccc(-c3ccc(OC(=O)C45CCC(CCCCC)(CC4)CC5)cc3)cc2)CC1. The first kappa shape index (κ1) is 28.4. The highest BCUT2D eigenvalue weighted by molar-refractivity contribution is 5.80. The Labute approximate surface area is 238 Å². The zero-order chi connectivity index (χ0) is 27.1. The molecule has 0 atom stereocenters. The summed E-state index contributed by atoms with van der Waals surface area (Å²) in [6.07, 6.45) is 23.1. The zero-order valence-electron chi connectivity index (χ0n) is 24.8. The Morgan fingerprint density at radius 2 is 1.28 bits per heavy atom. The van der Waals surface area contributed by atoms with Crippen LogP contribution in [0.1, 0.15) is 141 Å². The number of carbonyl (C=O) groups excluding carboxylic acids is 1. The number of ether oxygens (including phenoxy) is 1. The standard InChI is InChI=1S/C37H52O2/c1-3-5-7-9-29-10-12-30(13-11-29)31-14-16-32(17-15-31)33-18-20-34(21-19-33)39-35(38)37-26-23-36(24-27-37,25-28-37)22-8-6-4-2/h14-21,29-30H,3-13,22-28H2,1-2H3. The first-order valence-electron chi connectivity index (χ1n) is 16.5. The lowest BCUT2D eigenvalue weighted by atomic mass is 9.52. The van der Waals surface area contributed by atoms with Crippen molar-refractivity contribution in [3.63, 3.8) is 0 Å². The monoisotopic (exact) mass is 528 g/mol. The summed E-state index contributed by atoms with van der Waals surface area (Å²) in [7, 11) is 0. The van der Waals surface area contributed by atoms with Crippen LogP contribution in [-0.2, 0) is 4.79 Å². The molecule has 0 amide bonds. The molecule has 2 bridgehead atoms. The van der Waals surface area contributed by atoms with E-state index >= 15 is 0 Å². The van der Waals surface area contributed by atoms with Gasteiger partial charge in [0.15, 0.2) is 0 Å². The molecule has 0 heterocycles. The van der Waals surface area contributed by atoms with Crippen molar-refractivity contribution in [2.24, 2.45) is 16.7 Å². The Bertz CT molecular complexity index is 1020. The van der Waals surface area contributed by atoms with E-state index in [4.69, 9.17) is 4.74 Å². The molecule has 4 aliphatic rings. The van der Waals surface area contributed by atoms with E-state index in [0.717, 1.165) is 31.1 Å². The summed E-state index contributed by atoms with van der Waals surface area (Å²) in [5.74, 6) is 2.39. The normalized spacial score (nSPS) is 28.4. The summed E-state index contributed by atoms with van der Waals surface area (Å²) < 4.78 is 5.99. The van der Waals surface area contributed by atoms with Gasteiger partial charge in [0.1, 0.15) is 5.75 Å². The number of rotatable bonds is 12. The summed E-state index contributed by atoms with van der Waals surface area (Å²) in [5, 5.41) is 0. The van der Waals surface area contributed by atoms with Crippen molar-refractivity contribution < 1.29 is 9.53 Å². The molecule has 0 N–H and O–H groups in total. The maximum absolute atomic E-state index is 13.3. The van der Waals surface area contributed by atoms with Crippen LogP contribution in [0.2, 0.25) is 0 Å². The van der Waals surface area contributed by atoms with Crippen LogP contribution in [0.3, 0.4) is 0 Å². The molecule has 212 valence electrons. The number of fused-ring (bicyclic) bond motifs is 3. The van der Waals surface area contributed by atoms with E-state index in [1.54, 1.807) is 0 Å². The second-order valence-electron chi connectivity index (χ2n) is 13.5. The van der Waals surface area contributed by atoms with Crippen LogP contribution in [0.15, 0.2) is 48.5 Å². The van der Waals surface area contributed by atoms with Gasteiger partial charge >= 0.3 is 5.97 Å². The lowest BCUT2D eigenvalue weighted by Gasteiger charge is -2.52. The van der Waals surface area contributed by atoms with Crippen molar-refractivity contribution >= 4 is 5.97 Å². The van der Waals surface area contributed by atoms with Gasteiger partial charge in [-0.15, -0.1) is 0 Å². The van der Waals surface area contributed by atoms with Gasteiger partial charge in [-0.05, 0) is 117 Å². The van der Waals surface area contributed by atoms with Gasteiger partial charge < -0.3 is 4.74 Å².